The molecule has 0 saturated heterocycles. The second kappa shape index (κ2) is 10.5. The minimum absolute atomic E-state index is 0.156. The molecule has 138 valence electrons. The van der Waals surface area contributed by atoms with E-state index in [0.29, 0.717) is 12.2 Å². The van der Waals surface area contributed by atoms with E-state index >= 15 is 0 Å². The first-order valence-corrected chi connectivity index (χ1v) is 8.23. The number of aryl methyl sites for hydroxylation is 2. The van der Waals surface area contributed by atoms with Crippen molar-refractivity contribution in [1.82, 2.24) is 0 Å². The molecule has 1 unspecified atom stereocenters. The van der Waals surface area contributed by atoms with Crippen LogP contribution >= 0.6 is 0 Å². The normalized spacial score (nSPS) is 12.4. The lowest BCUT2D eigenvalue weighted by molar-refractivity contribution is -0.0651. The Morgan fingerprint density at radius 1 is 1.29 bits per heavy atom. The van der Waals surface area contributed by atoms with E-state index in [4.69, 9.17) is 4.74 Å². The standard InChI is InChI=1S/C10H11FO.C9H18F2O/c1-6-4-7(2)10(8(3)12)9(11)5-6;1-4-5-6-12-7-8(2)9(3,10)11/h4-5H,1-3H3;8H,4-7H2,1-3H3. The van der Waals surface area contributed by atoms with Gasteiger partial charge in [0.25, 0.3) is 0 Å². The largest absolute Gasteiger partial charge is 0.381 e. The first kappa shape index (κ1) is 22.6. The van der Waals surface area contributed by atoms with Crippen LogP contribution in [0.3, 0.4) is 0 Å². The molecule has 0 fully saturated rings. The fourth-order valence-electron chi connectivity index (χ4n) is 2.01. The molecule has 0 aromatic heterocycles. The molecule has 5 heteroatoms. The van der Waals surface area contributed by atoms with E-state index in [2.05, 4.69) is 0 Å². The van der Waals surface area contributed by atoms with Crippen LogP contribution in [0.1, 0.15) is 62.0 Å². The minimum atomic E-state index is -2.62. The van der Waals surface area contributed by atoms with Gasteiger partial charge in [-0.25, -0.2) is 13.2 Å². The van der Waals surface area contributed by atoms with Crippen molar-refractivity contribution >= 4 is 5.78 Å². The second-order valence-corrected chi connectivity index (χ2v) is 6.28. The van der Waals surface area contributed by atoms with Gasteiger partial charge in [0, 0.05) is 12.5 Å². The van der Waals surface area contributed by atoms with Crippen LogP contribution in [0.2, 0.25) is 0 Å². The average molecular weight is 346 g/mol. The summed E-state index contributed by atoms with van der Waals surface area (Å²) < 4.78 is 43.3. The Kier molecular flexibility index (Phi) is 9.90. The van der Waals surface area contributed by atoms with Crippen LogP contribution in [0.15, 0.2) is 12.1 Å². The van der Waals surface area contributed by atoms with E-state index < -0.39 is 17.7 Å². The molecule has 1 aromatic rings. The van der Waals surface area contributed by atoms with Gasteiger partial charge < -0.3 is 4.74 Å². The van der Waals surface area contributed by atoms with Crippen LogP contribution in [0, 0.1) is 25.6 Å². The molecule has 0 bridgehead atoms. The van der Waals surface area contributed by atoms with Crippen LogP contribution in [-0.4, -0.2) is 24.9 Å². The highest BCUT2D eigenvalue weighted by Gasteiger charge is 2.29. The van der Waals surface area contributed by atoms with E-state index in [9.17, 15) is 18.0 Å². The van der Waals surface area contributed by atoms with Gasteiger partial charge in [-0.05, 0) is 51.3 Å². The summed E-state index contributed by atoms with van der Waals surface area (Å²) in [6.45, 7) is 10.2. The summed E-state index contributed by atoms with van der Waals surface area (Å²) in [5, 5.41) is 0. The molecule has 0 aliphatic carbocycles. The van der Waals surface area contributed by atoms with Crippen molar-refractivity contribution in [3.63, 3.8) is 0 Å². The minimum Gasteiger partial charge on any atom is -0.381 e. The number of Topliss-reactive ketones (excluding diaryl/α,β-unsaturated/α-hetero) is 1. The van der Waals surface area contributed by atoms with Crippen LogP contribution in [-0.2, 0) is 4.74 Å². The average Bonchev–Trinajstić information content (AvgIpc) is 2.41. The lowest BCUT2D eigenvalue weighted by atomic mass is 10.0. The molecule has 0 saturated carbocycles. The third-order valence-corrected chi connectivity index (χ3v) is 3.66. The van der Waals surface area contributed by atoms with Crippen molar-refractivity contribution in [2.45, 2.75) is 60.3 Å². The SMILES string of the molecule is CC(=O)c1c(C)cc(C)cc1F.CCCCOCC(C)C(C)(F)F. The fraction of sp³-hybridized carbons (Fsp3) is 0.632. The number of hydrogen-bond donors (Lipinski definition) is 0. The Bertz CT molecular complexity index is 499. The molecule has 0 heterocycles. The van der Waals surface area contributed by atoms with Gasteiger partial charge >= 0.3 is 0 Å². The topological polar surface area (TPSA) is 26.3 Å². The summed E-state index contributed by atoms with van der Waals surface area (Å²) in [5.41, 5.74) is 1.76. The third-order valence-electron chi connectivity index (χ3n) is 3.66. The lowest BCUT2D eigenvalue weighted by Crippen LogP contribution is -2.26. The number of ketones is 1. The lowest BCUT2D eigenvalue weighted by Gasteiger charge is -2.18. The first-order chi connectivity index (χ1) is 11.0. The number of alkyl halides is 2. The van der Waals surface area contributed by atoms with Crippen LogP contribution in [0.4, 0.5) is 13.2 Å². The number of ether oxygens (including phenoxy) is 1. The number of rotatable bonds is 7. The molecule has 0 N–H and O–H groups in total. The maximum atomic E-state index is 13.1. The molecule has 1 atom stereocenters. The molecule has 24 heavy (non-hydrogen) atoms. The summed E-state index contributed by atoms with van der Waals surface area (Å²) >= 11 is 0. The van der Waals surface area contributed by atoms with E-state index in [1.54, 1.807) is 19.9 Å². The van der Waals surface area contributed by atoms with Gasteiger partial charge in [-0.1, -0.05) is 26.3 Å². The van der Waals surface area contributed by atoms with Crippen molar-refractivity contribution in [3.8, 4) is 0 Å². The number of carbonyl (C=O) groups excluding carboxylic acids is 1. The van der Waals surface area contributed by atoms with Gasteiger partial charge in [0.05, 0.1) is 12.2 Å². The van der Waals surface area contributed by atoms with Crippen LogP contribution in [0.25, 0.3) is 0 Å². The summed E-state index contributed by atoms with van der Waals surface area (Å²) in [5.74, 6) is -3.94. The number of halogens is 3. The summed E-state index contributed by atoms with van der Waals surface area (Å²) in [7, 11) is 0. The Morgan fingerprint density at radius 3 is 2.29 bits per heavy atom. The predicted octanol–water partition coefficient (Wildman–Crippen LogP) is 5.74. The monoisotopic (exact) mass is 346 g/mol. The molecule has 1 rings (SSSR count). The zero-order valence-electron chi connectivity index (χ0n) is 15.5. The Morgan fingerprint density at radius 2 is 1.88 bits per heavy atom. The van der Waals surface area contributed by atoms with Gasteiger partial charge in [0.2, 0.25) is 5.92 Å². The van der Waals surface area contributed by atoms with Crippen molar-refractivity contribution in [2.24, 2.45) is 5.92 Å². The van der Waals surface area contributed by atoms with E-state index in [-0.39, 0.29) is 18.0 Å². The fourth-order valence-corrected chi connectivity index (χ4v) is 2.01. The van der Waals surface area contributed by atoms with Gasteiger partial charge in [0.15, 0.2) is 5.78 Å². The predicted molar refractivity (Wildman–Crippen MR) is 91.4 cm³/mol. The highest BCUT2D eigenvalue weighted by atomic mass is 19.3. The highest BCUT2D eigenvalue weighted by Crippen LogP contribution is 2.23. The molecule has 0 aliphatic rings. The molecule has 2 nitrogen and oxygen atoms in total. The van der Waals surface area contributed by atoms with E-state index in [1.165, 1.54) is 19.9 Å². The smallest absolute Gasteiger partial charge is 0.250 e. The molecular weight excluding hydrogens is 317 g/mol. The summed E-state index contributed by atoms with van der Waals surface area (Å²) in [6.07, 6.45) is 1.99. The molecule has 0 aliphatic heterocycles. The molecule has 0 radical (unpaired) electrons. The molecule has 0 spiro atoms. The molecular formula is C19H29F3O2. The number of hydrogen-bond acceptors (Lipinski definition) is 2. The van der Waals surface area contributed by atoms with Crippen molar-refractivity contribution in [3.05, 3.63) is 34.6 Å². The van der Waals surface area contributed by atoms with Crippen molar-refractivity contribution < 1.29 is 22.7 Å². The van der Waals surface area contributed by atoms with Crippen molar-refractivity contribution in [2.75, 3.05) is 13.2 Å². The third kappa shape index (κ3) is 8.48. The maximum absolute atomic E-state index is 13.1. The number of benzene rings is 1. The Hall–Kier alpha value is -1.36. The number of carbonyl (C=O) groups is 1. The number of unbranched alkanes of at least 4 members (excludes halogenated alkanes) is 1. The van der Waals surface area contributed by atoms with Crippen LogP contribution in [0.5, 0.6) is 0 Å². The van der Waals surface area contributed by atoms with Gasteiger partial charge in [0.1, 0.15) is 5.82 Å². The highest BCUT2D eigenvalue weighted by molar-refractivity contribution is 5.95. The summed E-state index contributed by atoms with van der Waals surface area (Å²) in [6, 6.07) is 3.18. The molecule has 1 aromatic carbocycles. The first-order valence-electron chi connectivity index (χ1n) is 8.23. The van der Waals surface area contributed by atoms with Crippen molar-refractivity contribution in [1.29, 1.82) is 0 Å². The van der Waals surface area contributed by atoms with E-state index in [1.807, 2.05) is 6.92 Å². The summed E-state index contributed by atoms with van der Waals surface area (Å²) in [4.78, 5) is 11.0. The Labute approximate surface area is 143 Å². The van der Waals surface area contributed by atoms with Gasteiger partial charge in [-0.2, -0.15) is 0 Å². The zero-order valence-corrected chi connectivity index (χ0v) is 15.5. The Balaban J connectivity index is 0.000000441. The molecule has 0 amide bonds. The van der Waals surface area contributed by atoms with Gasteiger partial charge in [-0.15, -0.1) is 0 Å². The van der Waals surface area contributed by atoms with Crippen LogP contribution < -0.4 is 0 Å². The quantitative estimate of drug-likeness (QED) is 0.465. The zero-order chi connectivity index (χ0) is 18.9. The van der Waals surface area contributed by atoms with Gasteiger partial charge in [-0.3, -0.25) is 4.79 Å². The second-order valence-electron chi connectivity index (χ2n) is 6.28. The maximum Gasteiger partial charge on any atom is 0.250 e. The van der Waals surface area contributed by atoms with E-state index in [0.717, 1.165) is 25.3 Å².